The van der Waals surface area contributed by atoms with Gasteiger partial charge in [-0.15, -0.1) is 0 Å². The van der Waals surface area contributed by atoms with Crippen molar-refractivity contribution in [3.8, 4) is 0 Å². The van der Waals surface area contributed by atoms with Gasteiger partial charge in [-0.1, -0.05) is 18.2 Å². The zero-order valence-electron chi connectivity index (χ0n) is 8.81. The summed E-state index contributed by atoms with van der Waals surface area (Å²) in [5.41, 5.74) is 0.697. The van der Waals surface area contributed by atoms with Gasteiger partial charge in [0, 0.05) is 17.2 Å². The molecule has 3 nitrogen and oxygen atoms in total. The molecule has 1 aromatic carbocycles. The molecule has 2 aromatic rings. The van der Waals surface area contributed by atoms with Crippen molar-refractivity contribution in [2.45, 2.75) is 6.42 Å². The number of carbonyl (C=O) groups excluding carboxylic acids is 1. The molecule has 0 N–H and O–H groups in total. The van der Waals surface area contributed by atoms with E-state index in [1.54, 1.807) is 0 Å². The molecule has 1 aromatic heterocycles. The third-order valence-corrected chi connectivity index (χ3v) is 3.12. The molecule has 17 heavy (non-hydrogen) atoms. The maximum absolute atomic E-state index is 11.8. The zero-order chi connectivity index (χ0) is 11.8. The first-order valence-electron chi connectivity index (χ1n) is 5.19. The zero-order valence-corrected chi connectivity index (χ0v) is 10.4. The van der Waals surface area contributed by atoms with Gasteiger partial charge < -0.3 is 4.42 Å². The average Bonchev–Trinajstić information content (AvgIpc) is 2.85. The number of halogens is 1. The molecule has 1 aliphatic heterocycles. The highest BCUT2D eigenvalue weighted by Crippen LogP contribution is 2.18. The van der Waals surface area contributed by atoms with Gasteiger partial charge in [-0.2, -0.15) is 0 Å². The van der Waals surface area contributed by atoms with Gasteiger partial charge in [0.25, 0.3) is 5.91 Å². The fraction of sp³-hybridized carbons (Fsp3) is 0.0769. The van der Waals surface area contributed by atoms with E-state index in [9.17, 15) is 4.79 Å². The van der Waals surface area contributed by atoms with Gasteiger partial charge in [0.2, 0.25) is 0 Å². The normalized spacial score (nSPS) is 13.7. The molecule has 4 heteroatoms. The van der Waals surface area contributed by atoms with Crippen LogP contribution in [0.2, 0.25) is 0 Å². The minimum Gasteiger partial charge on any atom is -0.454 e. The molecule has 0 saturated carbocycles. The van der Waals surface area contributed by atoms with Gasteiger partial charge in [-0.05, 0) is 34.1 Å². The van der Waals surface area contributed by atoms with Crippen LogP contribution in [0, 0.1) is 0 Å². The predicted octanol–water partition coefficient (Wildman–Crippen LogP) is 1.60. The van der Waals surface area contributed by atoms with Crippen LogP contribution in [0.4, 0.5) is 0 Å². The second-order valence-corrected chi connectivity index (χ2v) is 4.58. The maximum atomic E-state index is 11.8. The van der Waals surface area contributed by atoms with Crippen molar-refractivity contribution in [1.29, 1.82) is 0 Å². The van der Waals surface area contributed by atoms with Crippen molar-refractivity contribution in [3.63, 3.8) is 0 Å². The molecule has 2 heterocycles. The Labute approximate surface area is 106 Å². The Morgan fingerprint density at radius 3 is 2.76 bits per heavy atom. The van der Waals surface area contributed by atoms with Crippen LogP contribution < -0.4 is 10.6 Å². The molecular weight excluding hydrogens is 282 g/mol. The minimum atomic E-state index is -0.168. The van der Waals surface area contributed by atoms with Crippen LogP contribution in [-0.2, 0) is 11.2 Å². The first-order valence-corrected chi connectivity index (χ1v) is 5.99. The van der Waals surface area contributed by atoms with Crippen molar-refractivity contribution < 1.29 is 9.21 Å². The molecule has 0 aliphatic carbocycles. The first-order chi connectivity index (χ1) is 8.24. The van der Waals surface area contributed by atoms with E-state index in [0.717, 1.165) is 16.3 Å². The highest BCUT2D eigenvalue weighted by molar-refractivity contribution is 9.10. The molecule has 1 amide bonds. The highest BCUT2D eigenvalue weighted by atomic mass is 79.9. The Morgan fingerprint density at radius 2 is 2.00 bits per heavy atom. The van der Waals surface area contributed by atoms with Gasteiger partial charge in [0.1, 0.15) is 5.76 Å². The van der Waals surface area contributed by atoms with Gasteiger partial charge >= 0.3 is 0 Å². The summed E-state index contributed by atoms with van der Waals surface area (Å²) in [6.07, 6.45) is 0.477. The van der Waals surface area contributed by atoms with Gasteiger partial charge in [0.15, 0.2) is 4.67 Å². The molecule has 0 unspecified atom stereocenters. The lowest BCUT2D eigenvalue weighted by molar-refractivity contribution is -0.112. The lowest BCUT2D eigenvalue weighted by Gasteiger charge is -1.96. The average molecular weight is 290 g/mol. The molecule has 0 atom stereocenters. The largest absolute Gasteiger partial charge is 0.454 e. The Hall–Kier alpha value is -1.68. The number of hydrogen-bond acceptors (Lipinski definition) is 2. The second-order valence-electron chi connectivity index (χ2n) is 3.80. The Morgan fingerprint density at radius 1 is 1.18 bits per heavy atom. The Kier molecular flexibility index (Phi) is 2.44. The summed E-state index contributed by atoms with van der Waals surface area (Å²) < 4.78 is 6.08. The van der Waals surface area contributed by atoms with Crippen LogP contribution >= 0.6 is 15.9 Å². The Bertz CT molecular complexity index is 715. The van der Waals surface area contributed by atoms with E-state index in [2.05, 4.69) is 20.9 Å². The molecule has 0 radical (unpaired) electrons. The van der Waals surface area contributed by atoms with Crippen LogP contribution in [0.15, 0.2) is 50.5 Å². The summed E-state index contributed by atoms with van der Waals surface area (Å²) >= 11 is 3.24. The number of rotatable bonds is 2. The number of para-hydroxylation sites is 1. The summed E-state index contributed by atoms with van der Waals surface area (Å²) in [5.74, 6) is 0.589. The number of fused-ring (bicyclic) bond motifs is 1. The summed E-state index contributed by atoms with van der Waals surface area (Å²) in [5, 5.41) is 1.66. The molecule has 0 saturated heterocycles. The van der Waals surface area contributed by atoms with Gasteiger partial charge in [-0.3, -0.25) is 4.79 Å². The van der Waals surface area contributed by atoms with Crippen LogP contribution in [0.1, 0.15) is 5.76 Å². The third-order valence-electron chi connectivity index (χ3n) is 2.69. The molecule has 0 spiro atoms. The lowest BCUT2D eigenvalue weighted by atomic mass is 10.1. The molecular formula is C13H8BrNO2. The van der Waals surface area contributed by atoms with E-state index in [1.807, 2.05) is 36.4 Å². The maximum Gasteiger partial charge on any atom is 0.274 e. The van der Waals surface area contributed by atoms with Crippen molar-refractivity contribution in [2.75, 3.05) is 0 Å². The van der Waals surface area contributed by atoms with Crippen LogP contribution in [-0.4, -0.2) is 5.91 Å². The van der Waals surface area contributed by atoms with E-state index in [1.165, 1.54) is 0 Å². The van der Waals surface area contributed by atoms with Crippen LogP contribution in [0.25, 0.3) is 5.57 Å². The van der Waals surface area contributed by atoms with E-state index < -0.39 is 0 Å². The SMILES string of the molecule is O=C1N=c2ccccc2=C1Cc1ccc(Br)o1. The summed E-state index contributed by atoms with van der Waals surface area (Å²) in [6.45, 7) is 0. The summed E-state index contributed by atoms with van der Waals surface area (Å²) in [6, 6.07) is 11.2. The van der Waals surface area contributed by atoms with Crippen LogP contribution in [0.5, 0.6) is 0 Å². The Balaban J connectivity index is 2.10. The number of furan rings is 1. The van der Waals surface area contributed by atoms with E-state index in [4.69, 9.17) is 4.42 Å². The predicted molar refractivity (Wildman–Crippen MR) is 65.8 cm³/mol. The van der Waals surface area contributed by atoms with E-state index in [-0.39, 0.29) is 5.91 Å². The van der Waals surface area contributed by atoms with E-state index in [0.29, 0.717) is 16.7 Å². The molecule has 0 bridgehead atoms. The highest BCUT2D eigenvalue weighted by Gasteiger charge is 2.17. The summed E-state index contributed by atoms with van der Waals surface area (Å²) in [4.78, 5) is 15.8. The first kappa shape index (κ1) is 10.5. The molecule has 3 rings (SSSR count). The fourth-order valence-electron chi connectivity index (χ4n) is 1.91. The quantitative estimate of drug-likeness (QED) is 0.843. The van der Waals surface area contributed by atoms with Crippen LogP contribution in [0.3, 0.4) is 0 Å². The van der Waals surface area contributed by atoms with Crippen molar-refractivity contribution in [1.82, 2.24) is 0 Å². The third kappa shape index (κ3) is 1.85. The smallest absolute Gasteiger partial charge is 0.274 e. The molecule has 1 aliphatic rings. The molecule has 84 valence electrons. The summed E-state index contributed by atoms with van der Waals surface area (Å²) in [7, 11) is 0. The number of amides is 1. The second kappa shape index (κ2) is 3.96. The fourth-order valence-corrected chi connectivity index (χ4v) is 2.25. The number of carbonyl (C=O) groups is 1. The number of nitrogens with zero attached hydrogens (tertiary/aromatic N) is 1. The number of benzene rings is 1. The van der Waals surface area contributed by atoms with Gasteiger partial charge in [0.05, 0.1) is 5.36 Å². The van der Waals surface area contributed by atoms with Crippen molar-refractivity contribution in [2.24, 2.45) is 4.99 Å². The van der Waals surface area contributed by atoms with Gasteiger partial charge in [-0.25, -0.2) is 4.99 Å². The lowest BCUT2D eigenvalue weighted by Crippen LogP contribution is -2.22. The van der Waals surface area contributed by atoms with E-state index >= 15 is 0 Å². The monoisotopic (exact) mass is 289 g/mol. The minimum absolute atomic E-state index is 0.168. The number of hydrogen-bond donors (Lipinski definition) is 0. The molecule has 0 fully saturated rings. The topological polar surface area (TPSA) is 42.6 Å². The van der Waals surface area contributed by atoms with Crippen molar-refractivity contribution in [3.05, 3.63) is 57.4 Å². The van der Waals surface area contributed by atoms with Crippen molar-refractivity contribution >= 4 is 27.4 Å². The standard InChI is InChI=1S/C13H8BrNO2/c14-12-6-5-8(17-12)7-10-9-3-1-2-4-11(9)15-13(10)16/h1-6H,7H2.